The molecule has 0 aromatic heterocycles. The van der Waals surface area contributed by atoms with Crippen LogP contribution in [0.5, 0.6) is 5.75 Å². The Kier molecular flexibility index (Phi) is 9.11. The summed E-state index contributed by atoms with van der Waals surface area (Å²) in [6.07, 6.45) is -8.06. The summed E-state index contributed by atoms with van der Waals surface area (Å²) < 4.78 is 289. The molecule has 0 spiro atoms. The van der Waals surface area contributed by atoms with Crippen LogP contribution in [0.1, 0.15) is 22.8 Å². The van der Waals surface area contributed by atoms with E-state index in [1.54, 1.807) is 0 Å². The van der Waals surface area contributed by atoms with Crippen LogP contribution >= 0.6 is 0 Å². The van der Waals surface area contributed by atoms with E-state index in [9.17, 15) is 102 Å². The standard InChI is InChI=1S/C19H9F21O3/c1-2-43-9(42)8-6(4-3-5-7(8)41)10(20,21)11(22,23)12(24,25)13(26,27)14(28,29)15(30,31)16(32,33)17(34,35)18(36,37)19(38,39)40/h3-5,41H,2H2,1H3. The average Bonchev–Trinajstić information content (AvgIpc) is 2.82. The topological polar surface area (TPSA) is 46.5 Å². The van der Waals surface area contributed by atoms with Gasteiger partial charge in [-0.2, -0.15) is 92.2 Å². The van der Waals surface area contributed by atoms with Gasteiger partial charge in [-0.05, 0) is 13.0 Å². The molecule has 0 heterocycles. The highest BCUT2D eigenvalue weighted by atomic mass is 19.4. The first-order valence-corrected chi connectivity index (χ1v) is 10.1. The van der Waals surface area contributed by atoms with E-state index in [1.165, 1.54) is 0 Å². The molecule has 250 valence electrons. The van der Waals surface area contributed by atoms with E-state index in [0.29, 0.717) is 0 Å². The first-order valence-electron chi connectivity index (χ1n) is 10.1. The number of ether oxygens (including phenoxy) is 1. The fraction of sp³-hybridized carbons (Fsp3) is 0.632. The van der Waals surface area contributed by atoms with E-state index in [1.807, 2.05) is 0 Å². The van der Waals surface area contributed by atoms with Gasteiger partial charge in [0.25, 0.3) is 0 Å². The van der Waals surface area contributed by atoms with E-state index in [4.69, 9.17) is 0 Å². The number of phenols is 1. The number of carbonyl (C=O) groups is 1. The van der Waals surface area contributed by atoms with Crippen LogP contribution in [0.3, 0.4) is 0 Å². The van der Waals surface area contributed by atoms with Gasteiger partial charge in [-0.15, -0.1) is 0 Å². The smallest absolute Gasteiger partial charge is 0.460 e. The second-order valence-electron chi connectivity index (χ2n) is 8.09. The zero-order valence-corrected chi connectivity index (χ0v) is 19.6. The van der Waals surface area contributed by atoms with E-state index in [2.05, 4.69) is 4.74 Å². The van der Waals surface area contributed by atoms with Crippen molar-refractivity contribution in [3.05, 3.63) is 29.3 Å². The van der Waals surface area contributed by atoms with Gasteiger partial charge in [0, 0.05) is 5.56 Å². The summed E-state index contributed by atoms with van der Waals surface area (Å²) in [4.78, 5) is 11.7. The van der Waals surface area contributed by atoms with Gasteiger partial charge in [0.2, 0.25) is 0 Å². The van der Waals surface area contributed by atoms with Crippen LogP contribution in [0.25, 0.3) is 0 Å². The molecule has 0 aliphatic heterocycles. The van der Waals surface area contributed by atoms with E-state index in [0.717, 1.165) is 6.92 Å². The fourth-order valence-electron chi connectivity index (χ4n) is 2.95. The molecule has 0 aliphatic rings. The van der Waals surface area contributed by atoms with Crippen molar-refractivity contribution in [2.75, 3.05) is 6.61 Å². The van der Waals surface area contributed by atoms with Crippen LogP contribution in [0.4, 0.5) is 92.2 Å². The maximum Gasteiger partial charge on any atom is 0.460 e. The summed E-state index contributed by atoms with van der Waals surface area (Å²) in [6.45, 7) is -0.0124. The highest BCUT2D eigenvalue weighted by Gasteiger charge is 2.98. The van der Waals surface area contributed by atoms with Gasteiger partial charge in [-0.25, -0.2) is 4.79 Å². The lowest BCUT2D eigenvalue weighted by Gasteiger charge is -2.44. The monoisotopic (exact) mass is 684 g/mol. The lowest BCUT2D eigenvalue weighted by Crippen LogP contribution is -2.76. The number of phenolic OH excluding ortho intramolecular Hbond substituents is 1. The van der Waals surface area contributed by atoms with E-state index >= 15 is 0 Å². The normalized spacial score (nSPS) is 15.5. The molecule has 24 heteroatoms. The summed E-state index contributed by atoms with van der Waals surface area (Å²) >= 11 is 0. The minimum Gasteiger partial charge on any atom is -0.507 e. The van der Waals surface area contributed by atoms with Crippen molar-refractivity contribution in [3.8, 4) is 5.75 Å². The zero-order valence-electron chi connectivity index (χ0n) is 19.6. The number of rotatable bonds is 11. The minimum atomic E-state index is -9.29. The van der Waals surface area contributed by atoms with Crippen LogP contribution in [-0.4, -0.2) is 71.2 Å². The molecule has 1 aromatic rings. The Morgan fingerprint density at radius 2 is 0.907 bits per heavy atom. The lowest BCUT2D eigenvalue weighted by atomic mass is 9.84. The number of hydrogen-bond acceptors (Lipinski definition) is 3. The minimum absolute atomic E-state index is 0.0140. The largest absolute Gasteiger partial charge is 0.507 e. The van der Waals surface area contributed by atoms with Crippen LogP contribution < -0.4 is 0 Å². The molecule has 1 aromatic carbocycles. The summed E-state index contributed by atoms with van der Waals surface area (Å²) in [7, 11) is 0. The van der Waals surface area contributed by atoms with Crippen molar-refractivity contribution in [3.63, 3.8) is 0 Å². The summed E-state index contributed by atoms with van der Waals surface area (Å²) in [6, 6.07) is -0.418. The average molecular weight is 684 g/mol. The van der Waals surface area contributed by atoms with Crippen molar-refractivity contribution in [2.24, 2.45) is 0 Å². The molecular weight excluding hydrogens is 675 g/mol. The molecule has 0 aliphatic carbocycles. The molecule has 0 saturated heterocycles. The maximum atomic E-state index is 14.6. The molecule has 0 bridgehead atoms. The van der Waals surface area contributed by atoms with Gasteiger partial charge < -0.3 is 9.84 Å². The molecule has 0 radical (unpaired) electrons. The molecule has 3 nitrogen and oxygen atoms in total. The maximum absolute atomic E-state index is 14.6. The third-order valence-electron chi connectivity index (χ3n) is 5.37. The Labute approximate surface area is 222 Å². The Morgan fingerprint density at radius 3 is 1.23 bits per heavy atom. The van der Waals surface area contributed by atoms with Gasteiger partial charge in [-0.1, -0.05) is 12.1 Å². The van der Waals surface area contributed by atoms with Crippen LogP contribution in [0, 0.1) is 0 Å². The molecule has 1 rings (SSSR count). The molecule has 0 fully saturated rings. The Balaban J connectivity index is 3.96. The zero-order chi connectivity index (χ0) is 34.8. The number of benzene rings is 1. The fourth-order valence-corrected chi connectivity index (χ4v) is 2.95. The number of carbonyl (C=O) groups excluding carboxylic acids is 1. The third kappa shape index (κ3) is 4.85. The summed E-state index contributed by atoms with van der Waals surface area (Å²) in [5.41, 5.74) is -5.27. The number of esters is 1. The second-order valence-corrected chi connectivity index (χ2v) is 8.09. The molecule has 0 atom stereocenters. The van der Waals surface area contributed by atoms with Crippen molar-refractivity contribution in [1.82, 2.24) is 0 Å². The van der Waals surface area contributed by atoms with Crippen LogP contribution in [-0.2, 0) is 10.7 Å². The van der Waals surface area contributed by atoms with Crippen LogP contribution in [0.2, 0.25) is 0 Å². The quantitative estimate of drug-likeness (QED) is 0.189. The molecule has 0 unspecified atom stereocenters. The van der Waals surface area contributed by atoms with Crippen molar-refractivity contribution >= 4 is 5.97 Å². The Morgan fingerprint density at radius 1 is 0.581 bits per heavy atom. The van der Waals surface area contributed by atoms with Crippen LogP contribution in [0.15, 0.2) is 18.2 Å². The molecule has 1 N–H and O–H groups in total. The first-order chi connectivity index (χ1) is 18.6. The number of hydrogen-bond donors (Lipinski definition) is 1. The van der Waals surface area contributed by atoms with Gasteiger partial charge in [0.15, 0.2) is 0 Å². The number of aromatic hydroxyl groups is 1. The predicted molar refractivity (Wildman–Crippen MR) is 93.6 cm³/mol. The van der Waals surface area contributed by atoms with Gasteiger partial charge in [0.05, 0.1) is 6.61 Å². The highest BCUT2D eigenvalue weighted by molar-refractivity contribution is 5.94. The molecule has 0 amide bonds. The van der Waals surface area contributed by atoms with Crippen molar-refractivity contribution < 1.29 is 107 Å². The van der Waals surface area contributed by atoms with E-state index in [-0.39, 0.29) is 12.1 Å². The van der Waals surface area contributed by atoms with Crippen molar-refractivity contribution in [2.45, 2.75) is 66.4 Å². The Bertz CT molecular complexity index is 1200. The molecule has 0 saturated carbocycles. The number of alkyl halides is 21. The van der Waals surface area contributed by atoms with Gasteiger partial charge in [-0.3, -0.25) is 0 Å². The predicted octanol–water partition coefficient (Wildman–Crippen LogP) is 8.31. The molecule has 43 heavy (non-hydrogen) atoms. The van der Waals surface area contributed by atoms with Crippen molar-refractivity contribution in [1.29, 1.82) is 0 Å². The van der Waals surface area contributed by atoms with E-state index < -0.39 is 95.0 Å². The number of halogens is 21. The second kappa shape index (κ2) is 10.3. The highest BCUT2D eigenvalue weighted by Crippen LogP contribution is 2.67. The van der Waals surface area contributed by atoms with Gasteiger partial charge in [0.1, 0.15) is 11.3 Å². The molecular formula is C19H9F21O3. The summed E-state index contributed by atoms with van der Waals surface area (Å²) in [5, 5.41) is 9.48. The lowest BCUT2D eigenvalue weighted by molar-refractivity contribution is -0.474. The first kappa shape index (κ1) is 38.0. The Hall–Kier alpha value is -2.98. The SMILES string of the molecule is CCOC(=O)c1c(O)cccc1C(F)(F)C(F)(F)C(F)(F)C(F)(F)C(F)(F)C(F)(F)C(F)(F)C(F)(F)C(F)(F)C(F)(F)F. The summed E-state index contributed by atoms with van der Waals surface area (Å²) in [5.74, 6) is -83.0. The third-order valence-corrected chi connectivity index (χ3v) is 5.37. The van der Waals surface area contributed by atoms with Gasteiger partial charge >= 0.3 is 65.4 Å².